The van der Waals surface area contributed by atoms with Crippen molar-refractivity contribution in [1.29, 1.82) is 0 Å². The quantitative estimate of drug-likeness (QED) is 0.158. The number of fused-ring (bicyclic) bond motifs is 1. The minimum Gasteiger partial charge on any atom is -0.403 e. The average molecular weight is 508 g/mol. The van der Waals surface area contributed by atoms with Crippen LogP contribution in [0.25, 0.3) is 10.9 Å². The van der Waals surface area contributed by atoms with Crippen LogP contribution in [-0.4, -0.2) is 64.0 Å². The molecular formula is C26H30FN7O3. The molecule has 5 rings (SSSR count). The summed E-state index contributed by atoms with van der Waals surface area (Å²) in [5.41, 5.74) is 6.58. The number of nitrogens with two attached hydrogens (primary N) is 2. The Morgan fingerprint density at radius 2 is 1.92 bits per heavy atom. The maximum Gasteiger partial charge on any atom is 0.295 e. The highest BCUT2D eigenvalue weighted by Gasteiger charge is 2.45. The first-order valence-electron chi connectivity index (χ1n) is 11.9. The number of aromatic amines is 1. The molecule has 1 aromatic carbocycles. The summed E-state index contributed by atoms with van der Waals surface area (Å²) in [6, 6.07) is 10.3. The van der Waals surface area contributed by atoms with Gasteiger partial charge in [-0.1, -0.05) is 35.9 Å². The number of amides is 2. The van der Waals surface area contributed by atoms with E-state index in [0.717, 1.165) is 30.5 Å². The molecule has 2 amide bonds. The Labute approximate surface area is 213 Å². The first kappa shape index (κ1) is 25.8. The van der Waals surface area contributed by atoms with E-state index in [4.69, 9.17) is 11.6 Å². The smallest absolute Gasteiger partial charge is 0.295 e. The van der Waals surface area contributed by atoms with Crippen LogP contribution in [0.15, 0.2) is 55.1 Å². The molecule has 2 aliphatic rings. The number of likely N-dealkylation sites (tertiary alicyclic amines) is 2. The lowest BCUT2D eigenvalue weighted by molar-refractivity contribution is -0.125. The number of halogens is 1. The van der Waals surface area contributed by atoms with Gasteiger partial charge in [0.2, 0.25) is 6.41 Å². The monoisotopic (exact) mass is 507 g/mol. The van der Waals surface area contributed by atoms with Crippen molar-refractivity contribution >= 4 is 34.8 Å². The topological polar surface area (TPSA) is 142 Å². The summed E-state index contributed by atoms with van der Waals surface area (Å²) >= 11 is 0. The third-order valence-corrected chi connectivity index (χ3v) is 6.86. The molecule has 1 atom stereocenters. The fourth-order valence-corrected chi connectivity index (χ4v) is 4.93. The van der Waals surface area contributed by atoms with Gasteiger partial charge >= 0.3 is 0 Å². The maximum absolute atomic E-state index is 14.5. The predicted molar refractivity (Wildman–Crippen MR) is 137 cm³/mol. The van der Waals surface area contributed by atoms with E-state index >= 15 is 0 Å². The summed E-state index contributed by atoms with van der Waals surface area (Å²) in [6.45, 7) is 4.13. The maximum atomic E-state index is 14.5. The van der Waals surface area contributed by atoms with Gasteiger partial charge in [-0.3, -0.25) is 19.4 Å². The molecular weight excluding hydrogens is 477 g/mol. The van der Waals surface area contributed by atoms with E-state index in [-0.39, 0.29) is 27.7 Å². The molecule has 10 nitrogen and oxygen atoms in total. The van der Waals surface area contributed by atoms with Crippen LogP contribution >= 0.6 is 0 Å². The largest absolute Gasteiger partial charge is 0.403 e. The lowest BCUT2D eigenvalue weighted by atomic mass is 9.86. The Hall–Kier alpha value is -4.25. The summed E-state index contributed by atoms with van der Waals surface area (Å²) < 4.78 is 14.5. The van der Waals surface area contributed by atoms with Gasteiger partial charge in [-0.2, -0.15) is 0 Å². The van der Waals surface area contributed by atoms with Gasteiger partial charge in [-0.15, -0.1) is 0 Å². The number of ketones is 1. The molecule has 2 fully saturated rings. The minimum absolute atomic E-state index is 0.0545. The van der Waals surface area contributed by atoms with Gasteiger partial charge < -0.3 is 20.5 Å². The zero-order valence-corrected chi connectivity index (χ0v) is 20.6. The number of H-pyrrole nitrogens is 1. The van der Waals surface area contributed by atoms with Crippen LogP contribution in [0, 0.1) is 18.2 Å². The summed E-state index contributed by atoms with van der Waals surface area (Å²) in [4.78, 5) is 46.8. The summed E-state index contributed by atoms with van der Waals surface area (Å²) in [7, 11) is 0. The first-order valence-corrected chi connectivity index (χ1v) is 11.9. The summed E-state index contributed by atoms with van der Waals surface area (Å²) in [6.07, 6.45) is 7.06. The molecule has 1 unspecified atom stereocenters. The molecule has 4 heterocycles. The molecule has 1 spiro atoms. The second-order valence-electron chi connectivity index (χ2n) is 9.42. The molecule has 2 aromatic heterocycles. The van der Waals surface area contributed by atoms with Crippen LogP contribution in [0.4, 0.5) is 10.2 Å². The fraction of sp³-hybridized carbons (Fsp3) is 0.308. The van der Waals surface area contributed by atoms with Gasteiger partial charge in [0.15, 0.2) is 11.6 Å². The average Bonchev–Trinajstić information content (AvgIpc) is 3.63. The van der Waals surface area contributed by atoms with Gasteiger partial charge in [0, 0.05) is 50.2 Å². The van der Waals surface area contributed by atoms with Crippen molar-refractivity contribution in [2.75, 3.05) is 31.2 Å². The first-order chi connectivity index (χ1) is 17.8. The van der Waals surface area contributed by atoms with Crippen molar-refractivity contribution < 1.29 is 18.8 Å². The highest BCUT2D eigenvalue weighted by Crippen LogP contribution is 2.39. The van der Waals surface area contributed by atoms with E-state index in [2.05, 4.69) is 29.0 Å². The van der Waals surface area contributed by atoms with Crippen LogP contribution in [0.3, 0.4) is 0 Å². The summed E-state index contributed by atoms with van der Waals surface area (Å²) in [5, 5.41) is 1.03. The third kappa shape index (κ3) is 5.31. The molecule has 5 N–H and O–H groups in total. The number of rotatable bonds is 5. The molecule has 194 valence electrons. The van der Waals surface area contributed by atoms with E-state index in [0.29, 0.717) is 26.2 Å². The zero-order chi connectivity index (χ0) is 26.6. The lowest BCUT2D eigenvalue weighted by Crippen LogP contribution is -2.37. The number of benzene rings is 1. The number of carbonyl (C=O) groups excluding carboxylic acids is 3. The number of hydrogen-bond acceptors (Lipinski definition) is 7. The second-order valence-corrected chi connectivity index (χ2v) is 9.42. The molecule has 0 saturated carbocycles. The number of carbonyl (C=O) groups is 3. The van der Waals surface area contributed by atoms with E-state index in [1.165, 1.54) is 29.1 Å². The molecule has 2 saturated heterocycles. The van der Waals surface area contributed by atoms with E-state index < -0.39 is 17.5 Å². The van der Waals surface area contributed by atoms with Gasteiger partial charge in [-0.05, 0) is 19.8 Å². The predicted octanol–water partition coefficient (Wildman–Crippen LogP) is 2.07. The van der Waals surface area contributed by atoms with E-state index in [1.807, 2.05) is 18.2 Å². The zero-order valence-electron chi connectivity index (χ0n) is 20.6. The van der Waals surface area contributed by atoms with Crippen molar-refractivity contribution in [3.05, 3.63) is 72.1 Å². The molecule has 3 aromatic rings. The van der Waals surface area contributed by atoms with Crippen molar-refractivity contribution in [3.63, 3.8) is 0 Å². The SMILES string of the molecule is Cc1ccccc1.N/C=C\N(N)c1ncc(F)c2c(C(=O)C(=O)N3CCC4(CCN(C=O)C4)C3)c[nH]c12. The Bertz CT molecular complexity index is 1330. The van der Waals surface area contributed by atoms with E-state index in [1.54, 1.807) is 4.90 Å². The Morgan fingerprint density at radius 3 is 2.54 bits per heavy atom. The Kier molecular flexibility index (Phi) is 7.53. The number of hydrogen-bond donors (Lipinski definition) is 3. The van der Waals surface area contributed by atoms with Crippen molar-refractivity contribution in [2.45, 2.75) is 19.8 Å². The van der Waals surface area contributed by atoms with Crippen LogP contribution in [0.5, 0.6) is 0 Å². The van der Waals surface area contributed by atoms with Gasteiger partial charge in [0.05, 0.1) is 22.7 Å². The number of Topliss-reactive ketones (excluding diaryl/α,β-unsaturated/α-hetero) is 1. The molecule has 11 heteroatoms. The number of nitrogens with zero attached hydrogens (tertiary/aromatic N) is 4. The van der Waals surface area contributed by atoms with Crippen LogP contribution in [0.1, 0.15) is 28.8 Å². The van der Waals surface area contributed by atoms with Crippen LogP contribution in [0.2, 0.25) is 0 Å². The minimum atomic E-state index is -0.808. The number of nitrogens with one attached hydrogen (secondary N) is 1. The molecule has 0 bridgehead atoms. The normalized spacial score (nSPS) is 18.9. The van der Waals surface area contributed by atoms with Crippen LogP contribution in [-0.2, 0) is 9.59 Å². The van der Waals surface area contributed by atoms with Crippen molar-refractivity contribution in [2.24, 2.45) is 17.0 Å². The lowest BCUT2D eigenvalue weighted by Gasteiger charge is -2.23. The Balaban J connectivity index is 0.000000396. The number of pyridine rings is 1. The standard InChI is InChI=1S/C19H22FN7O3.C7H8/c20-13-8-24-17(27(22)6-3-21)15-14(13)12(7-23-15)16(29)18(30)26-5-2-19(10-26)1-4-25(9-19)11-28;1-7-5-3-2-4-6-7/h3,6-8,11,23H,1-2,4-5,9-10,21-22H2;2-6H,1H3/b6-3-;. The summed E-state index contributed by atoms with van der Waals surface area (Å²) in [5.74, 6) is 3.74. The molecule has 0 aliphatic carbocycles. The third-order valence-electron chi connectivity index (χ3n) is 6.86. The van der Waals surface area contributed by atoms with Gasteiger partial charge in [0.25, 0.3) is 11.7 Å². The molecule has 2 aliphatic heterocycles. The number of hydrazine groups is 1. The van der Waals surface area contributed by atoms with Crippen LogP contribution < -0.4 is 16.6 Å². The highest BCUT2D eigenvalue weighted by molar-refractivity contribution is 6.45. The number of anilines is 1. The van der Waals surface area contributed by atoms with Gasteiger partial charge in [0.1, 0.15) is 0 Å². The molecule has 37 heavy (non-hydrogen) atoms. The fourth-order valence-electron chi connectivity index (χ4n) is 4.93. The van der Waals surface area contributed by atoms with Gasteiger partial charge in [-0.25, -0.2) is 15.2 Å². The van der Waals surface area contributed by atoms with Crippen molar-refractivity contribution in [3.8, 4) is 0 Å². The number of aryl methyl sites for hydroxylation is 1. The molecule has 0 radical (unpaired) electrons. The highest BCUT2D eigenvalue weighted by atomic mass is 19.1. The Morgan fingerprint density at radius 1 is 1.19 bits per heavy atom. The van der Waals surface area contributed by atoms with E-state index in [9.17, 15) is 18.8 Å². The number of aromatic nitrogens is 2. The second kappa shape index (κ2) is 10.8. The van der Waals surface area contributed by atoms with Crippen molar-refractivity contribution in [1.82, 2.24) is 19.8 Å².